The molecule has 10 heteroatoms. The fourth-order valence-electron chi connectivity index (χ4n) is 3.65. The molecule has 0 spiro atoms. The zero-order chi connectivity index (χ0) is 22.2. The summed E-state index contributed by atoms with van der Waals surface area (Å²) < 4.78 is 52.6. The van der Waals surface area contributed by atoms with Gasteiger partial charge in [0.15, 0.2) is 0 Å². The van der Waals surface area contributed by atoms with Gasteiger partial charge in [0.05, 0.1) is 22.2 Å². The molecule has 2 aromatic carbocycles. The molecule has 1 unspecified atom stereocenters. The Morgan fingerprint density at radius 3 is 2.48 bits per heavy atom. The first kappa shape index (κ1) is 21.5. The Kier molecular flexibility index (Phi) is 5.83. The van der Waals surface area contributed by atoms with Gasteiger partial charge in [-0.3, -0.25) is 9.59 Å². The lowest BCUT2D eigenvalue weighted by Crippen LogP contribution is -2.50. The molecule has 1 N–H and O–H groups in total. The molecule has 164 valence electrons. The molecule has 0 aliphatic carbocycles. The summed E-state index contributed by atoms with van der Waals surface area (Å²) in [6.07, 6.45) is -4.56. The van der Waals surface area contributed by atoms with Crippen LogP contribution >= 0.6 is 11.8 Å². The van der Waals surface area contributed by atoms with Crippen molar-refractivity contribution in [1.82, 2.24) is 4.90 Å². The molecule has 0 bridgehead atoms. The van der Waals surface area contributed by atoms with Gasteiger partial charge in [0, 0.05) is 37.5 Å². The van der Waals surface area contributed by atoms with Crippen LogP contribution in [0.4, 0.5) is 28.9 Å². The predicted octanol–water partition coefficient (Wildman–Crippen LogP) is 4.00. The van der Waals surface area contributed by atoms with Gasteiger partial charge in [-0.1, -0.05) is 12.1 Å². The SMILES string of the molecule is O=C1Nc2cc(C(F)(F)F)ccc2SC1CC(=O)N1CCN(c2ccccc2F)CC1. The predicted molar refractivity (Wildman–Crippen MR) is 110 cm³/mol. The second-order valence-corrected chi connectivity index (χ2v) is 8.57. The van der Waals surface area contributed by atoms with Crippen LogP contribution < -0.4 is 10.2 Å². The van der Waals surface area contributed by atoms with Crippen molar-refractivity contribution in [2.24, 2.45) is 0 Å². The highest BCUT2D eigenvalue weighted by atomic mass is 32.2. The fraction of sp³-hybridized carbons (Fsp3) is 0.333. The number of hydrogen-bond acceptors (Lipinski definition) is 4. The lowest BCUT2D eigenvalue weighted by atomic mass is 10.1. The number of rotatable bonds is 3. The zero-order valence-electron chi connectivity index (χ0n) is 16.3. The number of carbonyl (C=O) groups is 2. The Labute approximate surface area is 180 Å². The first-order valence-corrected chi connectivity index (χ1v) is 10.6. The minimum Gasteiger partial charge on any atom is -0.366 e. The molecule has 2 aromatic rings. The van der Waals surface area contributed by atoms with Gasteiger partial charge >= 0.3 is 6.18 Å². The minimum absolute atomic E-state index is 0.0589. The van der Waals surface area contributed by atoms with Crippen LogP contribution in [0.5, 0.6) is 0 Å². The first-order chi connectivity index (χ1) is 14.7. The molecule has 0 saturated carbocycles. The van der Waals surface area contributed by atoms with Gasteiger partial charge in [0.1, 0.15) is 5.82 Å². The summed E-state index contributed by atoms with van der Waals surface area (Å²) in [6, 6.07) is 9.63. The molecule has 1 saturated heterocycles. The smallest absolute Gasteiger partial charge is 0.366 e. The average Bonchev–Trinajstić information content (AvgIpc) is 2.74. The monoisotopic (exact) mass is 453 g/mol. The molecule has 4 rings (SSSR count). The summed E-state index contributed by atoms with van der Waals surface area (Å²) in [6.45, 7) is 1.74. The molecule has 1 fully saturated rings. The molecule has 0 radical (unpaired) electrons. The normalized spacial score (nSPS) is 19.1. The molecule has 2 aliphatic rings. The maximum Gasteiger partial charge on any atom is 0.416 e. The highest BCUT2D eigenvalue weighted by Gasteiger charge is 2.35. The summed E-state index contributed by atoms with van der Waals surface area (Å²) >= 11 is 1.09. The number of carbonyl (C=O) groups excluding carboxylic acids is 2. The van der Waals surface area contributed by atoms with Gasteiger partial charge in [-0.25, -0.2) is 4.39 Å². The van der Waals surface area contributed by atoms with Gasteiger partial charge in [-0.2, -0.15) is 13.2 Å². The maximum absolute atomic E-state index is 14.0. The van der Waals surface area contributed by atoms with Crippen molar-refractivity contribution in [3.63, 3.8) is 0 Å². The third-order valence-corrected chi connectivity index (χ3v) is 6.59. The van der Waals surface area contributed by atoms with E-state index >= 15 is 0 Å². The van der Waals surface area contributed by atoms with Crippen LogP contribution in [-0.2, 0) is 15.8 Å². The number of hydrogen-bond donors (Lipinski definition) is 1. The summed E-state index contributed by atoms with van der Waals surface area (Å²) in [7, 11) is 0. The Bertz CT molecular complexity index is 1010. The van der Waals surface area contributed by atoms with Crippen LogP contribution in [0.1, 0.15) is 12.0 Å². The highest BCUT2D eigenvalue weighted by molar-refractivity contribution is 8.01. The number of nitrogens with zero attached hydrogens (tertiary/aromatic N) is 2. The van der Waals surface area contributed by atoms with Crippen LogP contribution in [-0.4, -0.2) is 48.1 Å². The van der Waals surface area contributed by atoms with E-state index in [1.54, 1.807) is 23.1 Å². The Balaban J connectivity index is 1.36. The number of benzene rings is 2. The van der Waals surface area contributed by atoms with Crippen molar-refractivity contribution in [1.29, 1.82) is 0 Å². The van der Waals surface area contributed by atoms with Crippen molar-refractivity contribution in [3.05, 3.63) is 53.8 Å². The second-order valence-electron chi connectivity index (χ2n) is 7.33. The first-order valence-electron chi connectivity index (χ1n) is 9.68. The van der Waals surface area contributed by atoms with E-state index in [2.05, 4.69) is 5.32 Å². The number of para-hydroxylation sites is 1. The van der Waals surface area contributed by atoms with Crippen LogP contribution in [0.25, 0.3) is 0 Å². The number of anilines is 2. The highest BCUT2D eigenvalue weighted by Crippen LogP contribution is 2.40. The summed E-state index contributed by atoms with van der Waals surface area (Å²) in [5, 5.41) is 1.76. The van der Waals surface area contributed by atoms with Crippen LogP contribution in [0.3, 0.4) is 0 Å². The molecule has 0 aromatic heterocycles. The number of alkyl halides is 3. The van der Waals surface area contributed by atoms with E-state index in [0.29, 0.717) is 36.8 Å². The maximum atomic E-state index is 14.0. The molecule has 2 aliphatic heterocycles. The van der Waals surface area contributed by atoms with Crippen molar-refractivity contribution >= 4 is 35.0 Å². The van der Waals surface area contributed by atoms with Gasteiger partial charge in [0.2, 0.25) is 11.8 Å². The van der Waals surface area contributed by atoms with Gasteiger partial charge < -0.3 is 15.1 Å². The number of amides is 2. The van der Waals surface area contributed by atoms with Crippen LogP contribution in [0.2, 0.25) is 0 Å². The van der Waals surface area contributed by atoms with Crippen molar-refractivity contribution in [2.75, 3.05) is 36.4 Å². The summed E-state index contributed by atoms with van der Waals surface area (Å²) in [4.78, 5) is 29.1. The number of thioether (sulfide) groups is 1. The van der Waals surface area contributed by atoms with Crippen molar-refractivity contribution in [2.45, 2.75) is 22.7 Å². The Morgan fingerprint density at radius 1 is 1.10 bits per heavy atom. The Morgan fingerprint density at radius 2 is 1.81 bits per heavy atom. The average molecular weight is 453 g/mol. The number of fused-ring (bicyclic) bond motifs is 1. The van der Waals surface area contributed by atoms with Crippen molar-refractivity contribution < 1.29 is 27.2 Å². The molecule has 2 amide bonds. The number of halogens is 4. The summed E-state index contributed by atoms with van der Waals surface area (Å²) in [5.74, 6) is -1.02. The summed E-state index contributed by atoms with van der Waals surface area (Å²) in [5.41, 5.74) is -0.243. The quantitative estimate of drug-likeness (QED) is 0.714. The molecule has 5 nitrogen and oxygen atoms in total. The second kappa shape index (κ2) is 8.41. The van der Waals surface area contributed by atoms with E-state index in [4.69, 9.17) is 0 Å². The van der Waals surface area contributed by atoms with E-state index < -0.39 is 22.9 Å². The van der Waals surface area contributed by atoms with E-state index in [1.165, 1.54) is 12.1 Å². The van der Waals surface area contributed by atoms with E-state index in [9.17, 15) is 27.2 Å². The van der Waals surface area contributed by atoms with E-state index in [1.807, 2.05) is 4.90 Å². The standard InChI is InChI=1S/C21H19F4N3O2S/c22-14-3-1-2-4-16(14)27-7-9-28(10-8-27)19(29)12-18-20(30)26-15-11-13(21(23,24)25)5-6-17(15)31-18/h1-6,11,18H,7-10,12H2,(H,26,30). The van der Waals surface area contributed by atoms with Gasteiger partial charge in [-0.15, -0.1) is 11.8 Å². The molecule has 1 atom stereocenters. The Hall–Kier alpha value is -2.75. The molecular weight excluding hydrogens is 434 g/mol. The van der Waals surface area contributed by atoms with Gasteiger partial charge in [-0.05, 0) is 30.3 Å². The van der Waals surface area contributed by atoms with E-state index in [0.717, 1.165) is 23.9 Å². The third kappa shape index (κ3) is 4.63. The van der Waals surface area contributed by atoms with Gasteiger partial charge in [0.25, 0.3) is 0 Å². The fourth-order valence-corrected chi connectivity index (χ4v) is 4.74. The van der Waals surface area contributed by atoms with Crippen LogP contribution in [0, 0.1) is 5.82 Å². The third-order valence-electron chi connectivity index (χ3n) is 5.31. The lowest BCUT2D eigenvalue weighted by molar-refractivity contribution is -0.137. The minimum atomic E-state index is -4.50. The molecule has 2 heterocycles. The van der Waals surface area contributed by atoms with Crippen molar-refractivity contribution in [3.8, 4) is 0 Å². The number of piperazine rings is 1. The lowest BCUT2D eigenvalue weighted by Gasteiger charge is -2.37. The van der Waals surface area contributed by atoms with E-state index in [-0.39, 0.29) is 23.8 Å². The number of nitrogens with one attached hydrogen (secondary N) is 1. The zero-order valence-corrected chi connectivity index (χ0v) is 17.1. The molecular formula is C21H19F4N3O2S. The topological polar surface area (TPSA) is 52.7 Å². The molecule has 31 heavy (non-hydrogen) atoms. The van der Waals surface area contributed by atoms with Crippen LogP contribution in [0.15, 0.2) is 47.4 Å². The largest absolute Gasteiger partial charge is 0.416 e.